The molecule has 0 spiro atoms. The average molecular weight is 346 g/mol. The lowest BCUT2D eigenvalue weighted by Gasteiger charge is -2.26. The van der Waals surface area contributed by atoms with Gasteiger partial charge in [-0.05, 0) is 25.1 Å². The highest BCUT2D eigenvalue weighted by atomic mass is 19.1. The summed E-state index contributed by atoms with van der Waals surface area (Å²) < 4.78 is 19.1. The van der Waals surface area contributed by atoms with Gasteiger partial charge in [-0.15, -0.1) is 0 Å². The van der Waals surface area contributed by atoms with E-state index in [2.05, 4.69) is 25.5 Å². The SMILES string of the molecule is Nc1c(NCCCN2CCOCC2)ncnc1Nc1ccccc1F. The standard InChI is InChI=1S/C17H23FN6O/c18-13-4-1-2-5-14(13)23-17-15(19)16(21-12-22-17)20-6-3-7-24-8-10-25-11-9-24/h1-2,4-5,12H,3,6-11,19H2,(H2,20,21,22,23). The van der Waals surface area contributed by atoms with E-state index in [-0.39, 0.29) is 5.82 Å². The van der Waals surface area contributed by atoms with Crippen molar-refractivity contribution in [3.05, 3.63) is 36.4 Å². The van der Waals surface area contributed by atoms with Gasteiger partial charge in [0.05, 0.1) is 18.9 Å². The van der Waals surface area contributed by atoms with E-state index in [0.29, 0.717) is 23.0 Å². The molecule has 1 aromatic carbocycles. The molecule has 7 nitrogen and oxygen atoms in total. The van der Waals surface area contributed by atoms with Crippen molar-refractivity contribution in [3.63, 3.8) is 0 Å². The molecule has 1 aliphatic rings. The number of aromatic nitrogens is 2. The molecule has 0 aliphatic carbocycles. The van der Waals surface area contributed by atoms with Crippen LogP contribution in [0.25, 0.3) is 0 Å². The molecule has 0 saturated carbocycles. The quantitative estimate of drug-likeness (QED) is 0.662. The van der Waals surface area contributed by atoms with Gasteiger partial charge in [0, 0.05) is 19.6 Å². The van der Waals surface area contributed by atoms with Crippen molar-refractivity contribution in [1.82, 2.24) is 14.9 Å². The molecule has 1 aliphatic heterocycles. The van der Waals surface area contributed by atoms with Crippen LogP contribution in [0, 0.1) is 5.82 Å². The van der Waals surface area contributed by atoms with Crippen LogP contribution in [0.3, 0.4) is 0 Å². The Morgan fingerprint density at radius 2 is 1.92 bits per heavy atom. The van der Waals surface area contributed by atoms with E-state index in [1.54, 1.807) is 18.2 Å². The lowest BCUT2D eigenvalue weighted by atomic mass is 10.3. The second-order valence-corrected chi connectivity index (χ2v) is 5.82. The molecule has 134 valence electrons. The van der Waals surface area contributed by atoms with Gasteiger partial charge in [-0.2, -0.15) is 0 Å². The maximum atomic E-state index is 13.8. The number of hydrogen-bond donors (Lipinski definition) is 3. The largest absolute Gasteiger partial charge is 0.393 e. The number of benzene rings is 1. The second kappa shape index (κ2) is 8.59. The average Bonchev–Trinajstić information content (AvgIpc) is 2.64. The molecule has 0 amide bonds. The zero-order valence-electron chi connectivity index (χ0n) is 14.0. The van der Waals surface area contributed by atoms with Crippen LogP contribution in [0.5, 0.6) is 0 Å². The smallest absolute Gasteiger partial charge is 0.159 e. The second-order valence-electron chi connectivity index (χ2n) is 5.82. The van der Waals surface area contributed by atoms with Crippen LogP contribution < -0.4 is 16.4 Å². The zero-order valence-corrected chi connectivity index (χ0v) is 14.0. The van der Waals surface area contributed by atoms with Gasteiger partial charge < -0.3 is 21.1 Å². The first-order valence-corrected chi connectivity index (χ1v) is 8.40. The van der Waals surface area contributed by atoms with Crippen molar-refractivity contribution in [2.45, 2.75) is 6.42 Å². The van der Waals surface area contributed by atoms with E-state index in [4.69, 9.17) is 10.5 Å². The molecule has 25 heavy (non-hydrogen) atoms. The minimum Gasteiger partial charge on any atom is -0.393 e. The highest BCUT2D eigenvalue weighted by molar-refractivity contribution is 5.77. The molecular weight excluding hydrogens is 323 g/mol. The molecular formula is C17H23FN6O. The molecule has 0 radical (unpaired) electrons. The Labute approximate surface area is 146 Å². The predicted octanol–water partition coefficient (Wildman–Crippen LogP) is 2.08. The summed E-state index contributed by atoms with van der Waals surface area (Å²) in [4.78, 5) is 10.6. The summed E-state index contributed by atoms with van der Waals surface area (Å²) in [6.45, 7) is 5.31. The highest BCUT2D eigenvalue weighted by Crippen LogP contribution is 2.26. The van der Waals surface area contributed by atoms with Crippen LogP contribution in [0.15, 0.2) is 30.6 Å². The van der Waals surface area contributed by atoms with E-state index >= 15 is 0 Å². The fourth-order valence-electron chi connectivity index (χ4n) is 2.66. The first-order chi connectivity index (χ1) is 12.2. The van der Waals surface area contributed by atoms with Crippen molar-refractivity contribution < 1.29 is 9.13 Å². The molecule has 8 heteroatoms. The van der Waals surface area contributed by atoms with Crippen LogP contribution in [0.4, 0.5) is 27.4 Å². The number of nitrogens with two attached hydrogens (primary N) is 1. The lowest BCUT2D eigenvalue weighted by Crippen LogP contribution is -2.37. The normalized spacial score (nSPS) is 15.1. The Morgan fingerprint density at radius 1 is 1.16 bits per heavy atom. The number of ether oxygens (including phenoxy) is 1. The summed E-state index contributed by atoms with van der Waals surface area (Å²) in [5.41, 5.74) is 6.80. The van der Waals surface area contributed by atoms with Gasteiger partial charge in [0.25, 0.3) is 0 Å². The number of rotatable bonds is 7. The molecule has 0 unspecified atom stereocenters. The van der Waals surface area contributed by atoms with Crippen LogP contribution in [0.1, 0.15) is 6.42 Å². The molecule has 2 heterocycles. The third-order valence-corrected chi connectivity index (χ3v) is 4.06. The van der Waals surface area contributed by atoms with Crippen molar-refractivity contribution in [2.75, 3.05) is 55.8 Å². The molecule has 4 N–H and O–H groups in total. The summed E-state index contributed by atoms with van der Waals surface area (Å²) in [5, 5.41) is 6.14. The van der Waals surface area contributed by atoms with Gasteiger partial charge >= 0.3 is 0 Å². The Morgan fingerprint density at radius 3 is 2.72 bits per heavy atom. The minimum atomic E-state index is -0.361. The summed E-state index contributed by atoms with van der Waals surface area (Å²) in [5.74, 6) is 0.576. The van der Waals surface area contributed by atoms with E-state index < -0.39 is 0 Å². The molecule has 1 saturated heterocycles. The first-order valence-electron chi connectivity index (χ1n) is 8.40. The van der Waals surface area contributed by atoms with E-state index in [0.717, 1.165) is 45.8 Å². The van der Waals surface area contributed by atoms with Crippen LogP contribution in [-0.2, 0) is 4.74 Å². The maximum absolute atomic E-state index is 13.8. The molecule has 2 aromatic rings. The number of hydrogen-bond acceptors (Lipinski definition) is 7. The first kappa shape index (κ1) is 17.4. The molecule has 0 bridgehead atoms. The van der Waals surface area contributed by atoms with Gasteiger partial charge in [0.15, 0.2) is 11.6 Å². The Balaban J connectivity index is 1.54. The third kappa shape index (κ3) is 4.77. The summed E-state index contributed by atoms with van der Waals surface area (Å²) in [6, 6.07) is 6.38. The summed E-state index contributed by atoms with van der Waals surface area (Å²) in [7, 11) is 0. The van der Waals surface area contributed by atoms with Crippen LogP contribution in [-0.4, -0.2) is 54.3 Å². The molecule has 1 aromatic heterocycles. The predicted molar refractivity (Wildman–Crippen MR) is 96.5 cm³/mol. The number of para-hydroxylation sites is 1. The summed E-state index contributed by atoms with van der Waals surface area (Å²) in [6.07, 6.45) is 2.38. The van der Waals surface area contributed by atoms with Crippen molar-refractivity contribution in [1.29, 1.82) is 0 Å². The number of nitrogen functional groups attached to an aromatic ring is 1. The summed E-state index contributed by atoms with van der Waals surface area (Å²) >= 11 is 0. The van der Waals surface area contributed by atoms with Crippen LogP contribution >= 0.6 is 0 Å². The van der Waals surface area contributed by atoms with E-state index in [9.17, 15) is 4.39 Å². The number of nitrogens with zero attached hydrogens (tertiary/aromatic N) is 3. The number of anilines is 4. The van der Waals surface area contributed by atoms with Crippen LogP contribution in [0.2, 0.25) is 0 Å². The Bertz CT molecular complexity index is 693. The number of morpholine rings is 1. The highest BCUT2D eigenvalue weighted by Gasteiger charge is 2.11. The van der Waals surface area contributed by atoms with E-state index in [1.165, 1.54) is 12.4 Å². The zero-order chi connectivity index (χ0) is 17.5. The Hall–Kier alpha value is -2.45. The van der Waals surface area contributed by atoms with Gasteiger partial charge in [-0.25, -0.2) is 14.4 Å². The molecule has 0 atom stereocenters. The monoisotopic (exact) mass is 346 g/mol. The van der Waals surface area contributed by atoms with Crippen molar-refractivity contribution >= 4 is 23.0 Å². The van der Waals surface area contributed by atoms with Gasteiger partial charge in [0.1, 0.15) is 17.8 Å². The fourth-order valence-corrected chi connectivity index (χ4v) is 2.66. The fraction of sp³-hybridized carbons (Fsp3) is 0.412. The molecule has 1 fully saturated rings. The van der Waals surface area contributed by atoms with Crippen molar-refractivity contribution in [3.8, 4) is 0 Å². The van der Waals surface area contributed by atoms with Crippen molar-refractivity contribution in [2.24, 2.45) is 0 Å². The third-order valence-electron chi connectivity index (χ3n) is 4.06. The maximum Gasteiger partial charge on any atom is 0.159 e. The topological polar surface area (TPSA) is 88.3 Å². The minimum absolute atomic E-state index is 0.325. The number of halogens is 1. The number of nitrogens with one attached hydrogen (secondary N) is 2. The Kier molecular flexibility index (Phi) is 5.97. The molecule has 3 rings (SSSR count). The van der Waals surface area contributed by atoms with Gasteiger partial charge in [0.2, 0.25) is 0 Å². The van der Waals surface area contributed by atoms with Gasteiger partial charge in [-0.1, -0.05) is 12.1 Å². The lowest BCUT2D eigenvalue weighted by molar-refractivity contribution is 0.0378. The van der Waals surface area contributed by atoms with Gasteiger partial charge in [-0.3, -0.25) is 4.90 Å². The van der Waals surface area contributed by atoms with E-state index in [1.807, 2.05) is 0 Å².